The molecular formula is C19H29IN4O2. The van der Waals surface area contributed by atoms with Gasteiger partial charge in [-0.05, 0) is 51.8 Å². The normalized spacial score (nSPS) is 11.0. The highest BCUT2D eigenvalue weighted by Crippen LogP contribution is 2.19. The van der Waals surface area contributed by atoms with Gasteiger partial charge >= 0.3 is 0 Å². The molecule has 1 heterocycles. The molecule has 2 N–H and O–H groups in total. The Morgan fingerprint density at radius 3 is 2.54 bits per heavy atom. The average Bonchev–Trinajstić information content (AvgIpc) is 2.91. The number of rotatable bonds is 7. The number of oxazole rings is 1. The lowest BCUT2D eigenvalue weighted by atomic mass is 10.1. The molecule has 0 unspecified atom stereocenters. The van der Waals surface area contributed by atoms with E-state index < -0.39 is 0 Å². The molecule has 6 nitrogen and oxygen atoms in total. The van der Waals surface area contributed by atoms with Crippen molar-refractivity contribution < 1.29 is 9.15 Å². The van der Waals surface area contributed by atoms with E-state index in [4.69, 9.17) is 9.15 Å². The maximum atomic E-state index is 5.59. The fourth-order valence-corrected chi connectivity index (χ4v) is 2.41. The van der Waals surface area contributed by atoms with Crippen molar-refractivity contribution in [3.8, 4) is 5.75 Å². The Kier molecular flexibility index (Phi) is 9.47. The summed E-state index contributed by atoms with van der Waals surface area (Å²) >= 11 is 0. The lowest BCUT2D eigenvalue weighted by Crippen LogP contribution is -2.36. The van der Waals surface area contributed by atoms with Crippen LogP contribution in [-0.4, -0.2) is 24.1 Å². The molecule has 144 valence electrons. The van der Waals surface area contributed by atoms with Gasteiger partial charge in [0.2, 0.25) is 5.89 Å². The first kappa shape index (κ1) is 22.3. The highest BCUT2D eigenvalue weighted by Gasteiger charge is 2.06. The SMILES string of the molecule is CCNC(=NCc1ccc(OCC)c(C)c1)NCc1nc(C)c(C)o1.I. The van der Waals surface area contributed by atoms with Crippen molar-refractivity contribution >= 4 is 29.9 Å². The second-order valence-electron chi connectivity index (χ2n) is 5.83. The quantitative estimate of drug-likeness (QED) is 0.364. The average molecular weight is 472 g/mol. The maximum Gasteiger partial charge on any atom is 0.214 e. The van der Waals surface area contributed by atoms with E-state index in [9.17, 15) is 0 Å². The molecule has 1 aromatic carbocycles. The summed E-state index contributed by atoms with van der Waals surface area (Å²) in [5.74, 6) is 3.18. The lowest BCUT2D eigenvalue weighted by Gasteiger charge is -2.11. The van der Waals surface area contributed by atoms with E-state index in [2.05, 4.69) is 33.6 Å². The second kappa shape index (κ2) is 11.1. The lowest BCUT2D eigenvalue weighted by molar-refractivity contribution is 0.338. The third-order valence-electron chi connectivity index (χ3n) is 3.78. The van der Waals surface area contributed by atoms with Crippen LogP contribution in [0.4, 0.5) is 0 Å². The van der Waals surface area contributed by atoms with Gasteiger partial charge in [-0.15, -0.1) is 24.0 Å². The van der Waals surface area contributed by atoms with Crippen molar-refractivity contribution in [2.45, 2.75) is 47.7 Å². The summed E-state index contributed by atoms with van der Waals surface area (Å²) in [6.07, 6.45) is 0. The van der Waals surface area contributed by atoms with Crippen LogP contribution in [0.5, 0.6) is 5.75 Å². The van der Waals surface area contributed by atoms with Gasteiger partial charge in [-0.3, -0.25) is 0 Å². The first-order valence-electron chi connectivity index (χ1n) is 8.70. The van der Waals surface area contributed by atoms with Crippen LogP contribution >= 0.6 is 24.0 Å². The predicted octanol–water partition coefficient (Wildman–Crippen LogP) is 3.87. The van der Waals surface area contributed by atoms with Gasteiger partial charge in [-0.25, -0.2) is 9.98 Å². The van der Waals surface area contributed by atoms with Gasteiger partial charge in [0.05, 0.1) is 25.4 Å². The first-order chi connectivity index (χ1) is 12.0. The smallest absolute Gasteiger partial charge is 0.214 e. The van der Waals surface area contributed by atoms with Crippen LogP contribution in [0, 0.1) is 20.8 Å². The number of aliphatic imine (C=N–C) groups is 1. The van der Waals surface area contributed by atoms with Gasteiger partial charge in [-0.2, -0.15) is 0 Å². The third-order valence-corrected chi connectivity index (χ3v) is 3.78. The Balaban J connectivity index is 0.00000338. The Bertz CT molecular complexity index is 709. The van der Waals surface area contributed by atoms with Crippen LogP contribution in [0.1, 0.15) is 42.3 Å². The highest BCUT2D eigenvalue weighted by atomic mass is 127. The van der Waals surface area contributed by atoms with Crippen LogP contribution < -0.4 is 15.4 Å². The van der Waals surface area contributed by atoms with Crippen molar-refractivity contribution in [1.82, 2.24) is 15.6 Å². The van der Waals surface area contributed by atoms with Crippen LogP contribution in [0.15, 0.2) is 27.6 Å². The van der Waals surface area contributed by atoms with Gasteiger partial charge in [0, 0.05) is 6.54 Å². The Morgan fingerprint density at radius 2 is 1.96 bits per heavy atom. The molecule has 0 aliphatic carbocycles. The van der Waals surface area contributed by atoms with Gasteiger partial charge in [0.25, 0.3) is 0 Å². The van der Waals surface area contributed by atoms with Gasteiger partial charge in [-0.1, -0.05) is 12.1 Å². The molecule has 0 aliphatic heterocycles. The highest BCUT2D eigenvalue weighted by molar-refractivity contribution is 14.0. The number of benzene rings is 1. The number of hydrogen-bond acceptors (Lipinski definition) is 4. The van der Waals surface area contributed by atoms with Crippen LogP contribution in [0.3, 0.4) is 0 Å². The number of aryl methyl sites for hydroxylation is 3. The topological polar surface area (TPSA) is 71.7 Å². The van der Waals surface area contributed by atoms with E-state index in [1.54, 1.807) is 0 Å². The van der Waals surface area contributed by atoms with Crippen molar-refractivity contribution in [1.29, 1.82) is 0 Å². The zero-order valence-electron chi connectivity index (χ0n) is 16.2. The molecular weight excluding hydrogens is 443 g/mol. The Morgan fingerprint density at radius 1 is 1.19 bits per heavy atom. The third kappa shape index (κ3) is 6.51. The fraction of sp³-hybridized carbons (Fsp3) is 0.474. The van der Waals surface area contributed by atoms with Crippen LogP contribution in [0.25, 0.3) is 0 Å². The van der Waals surface area contributed by atoms with Crippen molar-refractivity contribution in [3.63, 3.8) is 0 Å². The van der Waals surface area contributed by atoms with Crippen LogP contribution in [0.2, 0.25) is 0 Å². The van der Waals surface area contributed by atoms with E-state index >= 15 is 0 Å². The molecule has 2 aromatic rings. The Labute approximate surface area is 172 Å². The van der Waals surface area contributed by atoms with Gasteiger partial charge in [0.15, 0.2) is 5.96 Å². The monoisotopic (exact) mass is 472 g/mol. The van der Waals surface area contributed by atoms with Crippen molar-refractivity contribution in [2.24, 2.45) is 4.99 Å². The number of ether oxygens (including phenoxy) is 1. The number of hydrogen-bond donors (Lipinski definition) is 2. The molecule has 0 saturated carbocycles. The molecule has 0 atom stereocenters. The molecule has 1 aromatic heterocycles. The molecule has 7 heteroatoms. The molecule has 0 radical (unpaired) electrons. The first-order valence-corrected chi connectivity index (χ1v) is 8.70. The summed E-state index contributed by atoms with van der Waals surface area (Å²) in [5, 5.41) is 6.49. The minimum atomic E-state index is 0. The Hall–Kier alpha value is -1.77. The second-order valence-corrected chi connectivity index (χ2v) is 5.83. The summed E-state index contributed by atoms with van der Waals surface area (Å²) in [4.78, 5) is 9.00. The van der Waals surface area contributed by atoms with Crippen LogP contribution in [-0.2, 0) is 13.1 Å². The molecule has 0 bridgehead atoms. The van der Waals surface area contributed by atoms with E-state index in [-0.39, 0.29) is 24.0 Å². The number of halogens is 1. The minimum absolute atomic E-state index is 0. The standard InChI is InChI=1S/C19H28N4O2.HI/c1-6-20-19(22-12-18-23-14(4)15(5)25-18)21-11-16-8-9-17(24-7-2)13(3)10-16;/h8-10H,6-7,11-12H2,1-5H3,(H2,20,21,22);1H. The van der Waals surface area contributed by atoms with E-state index in [1.807, 2.05) is 39.8 Å². The number of nitrogens with one attached hydrogen (secondary N) is 2. The molecule has 2 rings (SSSR count). The summed E-state index contributed by atoms with van der Waals surface area (Å²) in [5.41, 5.74) is 3.18. The molecule has 0 aliphatic rings. The van der Waals surface area contributed by atoms with E-state index in [0.717, 1.165) is 40.8 Å². The van der Waals surface area contributed by atoms with E-state index in [1.165, 1.54) is 0 Å². The zero-order chi connectivity index (χ0) is 18.2. The summed E-state index contributed by atoms with van der Waals surface area (Å²) < 4.78 is 11.2. The molecule has 0 fully saturated rings. The zero-order valence-corrected chi connectivity index (χ0v) is 18.5. The summed E-state index contributed by atoms with van der Waals surface area (Å²) in [6, 6.07) is 6.16. The summed E-state index contributed by atoms with van der Waals surface area (Å²) in [7, 11) is 0. The molecule has 0 amide bonds. The molecule has 0 spiro atoms. The van der Waals surface area contributed by atoms with E-state index in [0.29, 0.717) is 25.6 Å². The minimum Gasteiger partial charge on any atom is -0.494 e. The van der Waals surface area contributed by atoms with Crippen molar-refractivity contribution in [3.05, 3.63) is 46.7 Å². The number of guanidine groups is 1. The van der Waals surface area contributed by atoms with Crippen molar-refractivity contribution in [2.75, 3.05) is 13.2 Å². The maximum absolute atomic E-state index is 5.59. The number of nitrogens with zero attached hydrogens (tertiary/aromatic N) is 2. The number of aromatic nitrogens is 1. The molecule has 26 heavy (non-hydrogen) atoms. The summed E-state index contributed by atoms with van der Waals surface area (Å²) in [6.45, 7) is 12.5. The molecule has 0 saturated heterocycles. The predicted molar refractivity (Wildman–Crippen MR) is 115 cm³/mol. The van der Waals surface area contributed by atoms with Gasteiger partial charge in [0.1, 0.15) is 11.5 Å². The fourth-order valence-electron chi connectivity index (χ4n) is 2.41. The van der Waals surface area contributed by atoms with Gasteiger partial charge < -0.3 is 19.8 Å². The largest absolute Gasteiger partial charge is 0.494 e.